The van der Waals surface area contributed by atoms with Crippen molar-refractivity contribution in [2.45, 2.75) is 0 Å². The number of benzene rings is 1. The number of methoxy groups -OCH3 is 1. The number of nitrogens with zero attached hydrogens (tertiary/aromatic N) is 3. The van der Waals surface area contributed by atoms with Crippen molar-refractivity contribution in [2.24, 2.45) is 7.05 Å². The van der Waals surface area contributed by atoms with Crippen LogP contribution in [-0.2, 0) is 16.6 Å². The van der Waals surface area contributed by atoms with E-state index in [-0.39, 0.29) is 24.0 Å². The number of carbonyl (C=O) groups excluding carboxylic acids is 1. The van der Waals surface area contributed by atoms with Crippen molar-refractivity contribution in [1.29, 1.82) is 0 Å². The van der Waals surface area contributed by atoms with Crippen LogP contribution in [0.1, 0.15) is 0 Å². The van der Waals surface area contributed by atoms with Crippen molar-refractivity contribution in [3.8, 4) is 17.4 Å². The third kappa shape index (κ3) is 2.90. The lowest BCUT2D eigenvalue weighted by molar-refractivity contribution is -0.143. The summed E-state index contributed by atoms with van der Waals surface area (Å²) in [6, 6.07) is 2.87. The molecular weight excluding hydrogens is 272 g/mol. The van der Waals surface area contributed by atoms with Gasteiger partial charge in [-0.15, -0.1) is 5.10 Å². The molecule has 0 saturated heterocycles. The van der Waals surface area contributed by atoms with Gasteiger partial charge in [0.05, 0.1) is 12.7 Å². The van der Waals surface area contributed by atoms with Crippen LogP contribution < -0.4 is 4.74 Å². The standard InChI is InChI=1S/C12H11F2N3O3/c1-17-11(8-5-7(13)3-4-9(8)14)15-12(16-17)20-6-10(18)19-2/h3-5H,6H2,1-2H3. The summed E-state index contributed by atoms with van der Waals surface area (Å²) in [5.74, 6) is -1.75. The van der Waals surface area contributed by atoms with Crippen LogP contribution in [0.25, 0.3) is 11.4 Å². The summed E-state index contributed by atoms with van der Waals surface area (Å²) in [4.78, 5) is 14.8. The minimum Gasteiger partial charge on any atom is -0.466 e. The van der Waals surface area contributed by atoms with Gasteiger partial charge in [0.2, 0.25) is 0 Å². The van der Waals surface area contributed by atoms with Crippen molar-refractivity contribution in [2.75, 3.05) is 13.7 Å². The van der Waals surface area contributed by atoms with E-state index in [0.717, 1.165) is 18.2 Å². The van der Waals surface area contributed by atoms with Crippen LogP contribution in [0.3, 0.4) is 0 Å². The van der Waals surface area contributed by atoms with Gasteiger partial charge in [-0.2, -0.15) is 4.98 Å². The number of hydrogen-bond donors (Lipinski definition) is 0. The quantitative estimate of drug-likeness (QED) is 0.791. The number of aromatic nitrogens is 3. The summed E-state index contributed by atoms with van der Waals surface area (Å²) >= 11 is 0. The average Bonchev–Trinajstić information content (AvgIpc) is 2.80. The van der Waals surface area contributed by atoms with Gasteiger partial charge < -0.3 is 9.47 Å². The van der Waals surface area contributed by atoms with E-state index in [9.17, 15) is 13.6 Å². The van der Waals surface area contributed by atoms with Gasteiger partial charge in [-0.1, -0.05) is 0 Å². The highest BCUT2D eigenvalue weighted by Crippen LogP contribution is 2.23. The lowest BCUT2D eigenvalue weighted by Crippen LogP contribution is -2.13. The zero-order valence-corrected chi connectivity index (χ0v) is 10.8. The van der Waals surface area contributed by atoms with Gasteiger partial charge in [-0.05, 0) is 18.2 Å². The van der Waals surface area contributed by atoms with Gasteiger partial charge in [0.1, 0.15) is 11.6 Å². The van der Waals surface area contributed by atoms with Crippen LogP contribution in [-0.4, -0.2) is 34.5 Å². The van der Waals surface area contributed by atoms with E-state index in [1.807, 2.05) is 0 Å². The van der Waals surface area contributed by atoms with Crippen LogP contribution in [0.2, 0.25) is 0 Å². The monoisotopic (exact) mass is 283 g/mol. The molecule has 1 aromatic carbocycles. The third-order valence-corrected chi connectivity index (χ3v) is 2.46. The average molecular weight is 283 g/mol. The summed E-state index contributed by atoms with van der Waals surface area (Å²) in [5, 5.41) is 3.85. The summed E-state index contributed by atoms with van der Waals surface area (Å²) in [6.07, 6.45) is 0. The molecule has 0 fully saturated rings. The van der Waals surface area contributed by atoms with E-state index in [4.69, 9.17) is 4.74 Å². The molecule has 2 rings (SSSR count). The first-order valence-corrected chi connectivity index (χ1v) is 5.57. The Hall–Kier alpha value is -2.51. The molecule has 0 bridgehead atoms. The lowest BCUT2D eigenvalue weighted by Gasteiger charge is -2.01. The van der Waals surface area contributed by atoms with Crippen molar-refractivity contribution < 1.29 is 23.0 Å². The second-order valence-corrected chi connectivity index (χ2v) is 3.83. The molecule has 0 saturated carbocycles. The molecule has 0 aliphatic heterocycles. The number of ether oxygens (including phenoxy) is 2. The second kappa shape index (κ2) is 5.64. The zero-order valence-electron chi connectivity index (χ0n) is 10.8. The third-order valence-electron chi connectivity index (χ3n) is 2.46. The van der Waals surface area contributed by atoms with Crippen LogP contribution in [0.5, 0.6) is 6.01 Å². The molecule has 0 unspecified atom stereocenters. The normalized spacial score (nSPS) is 10.4. The molecule has 0 radical (unpaired) electrons. The molecule has 1 aromatic heterocycles. The summed E-state index contributed by atoms with van der Waals surface area (Å²) in [5.41, 5.74) is -0.0482. The van der Waals surface area contributed by atoms with E-state index in [2.05, 4.69) is 14.8 Å². The first-order chi connectivity index (χ1) is 9.51. The number of halogens is 2. The van der Waals surface area contributed by atoms with E-state index in [1.165, 1.54) is 18.8 Å². The van der Waals surface area contributed by atoms with Crippen LogP contribution in [0.15, 0.2) is 18.2 Å². The zero-order chi connectivity index (χ0) is 14.7. The topological polar surface area (TPSA) is 66.2 Å². The maximum atomic E-state index is 13.7. The predicted octanol–water partition coefficient (Wildman–Crippen LogP) is 1.31. The Labute approximate surface area is 112 Å². The Balaban J connectivity index is 2.27. The van der Waals surface area contributed by atoms with Crippen LogP contribution in [0, 0.1) is 11.6 Å². The molecule has 6 nitrogen and oxygen atoms in total. The highest BCUT2D eigenvalue weighted by Gasteiger charge is 2.16. The van der Waals surface area contributed by atoms with Crippen molar-refractivity contribution >= 4 is 5.97 Å². The molecule has 20 heavy (non-hydrogen) atoms. The molecule has 8 heteroatoms. The Morgan fingerprint density at radius 3 is 2.85 bits per heavy atom. The molecule has 106 valence electrons. The highest BCUT2D eigenvalue weighted by molar-refractivity contribution is 5.70. The molecule has 0 aliphatic rings. The van der Waals surface area contributed by atoms with Gasteiger partial charge in [0.15, 0.2) is 12.4 Å². The Morgan fingerprint density at radius 2 is 2.15 bits per heavy atom. The second-order valence-electron chi connectivity index (χ2n) is 3.83. The largest absolute Gasteiger partial charge is 0.466 e. The smallest absolute Gasteiger partial charge is 0.344 e. The van der Waals surface area contributed by atoms with Gasteiger partial charge in [-0.25, -0.2) is 18.3 Å². The lowest BCUT2D eigenvalue weighted by atomic mass is 10.2. The minimum absolute atomic E-state index is 0.0482. The fourth-order valence-electron chi connectivity index (χ4n) is 1.51. The maximum absolute atomic E-state index is 13.7. The number of rotatable bonds is 4. The molecule has 1 heterocycles. The molecule has 2 aromatic rings. The van der Waals surface area contributed by atoms with Gasteiger partial charge >= 0.3 is 12.0 Å². The summed E-state index contributed by atoms with van der Waals surface area (Å²) in [6.45, 7) is -0.369. The fraction of sp³-hybridized carbons (Fsp3) is 0.250. The van der Waals surface area contributed by atoms with Gasteiger partial charge in [0.25, 0.3) is 0 Å². The van der Waals surface area contributed by atoms with Crippen molar-refractivity contribution in [3.63, 3.8) is 0 Å². The molecule has 0 amide bonds. The first kappa shape index (κ1) is 13.9. The van der Waals surface area contributed by atoms with Crippen LogP contribution in [0.4, 0.5) is 8.78 Å². The van der Waals surface area contributed by atoms with Gasteiger partial charge in [-0.3, -0.25) is 0 Å². The number of esters is 1. The Morgan fingerprint density at radius 1 is 1.40 bits per heavy atom. The van der Waals surface area contributed by atoms with Crippen LogP contribution >= 0.6 is 0 Å². The first-order valence-electron chi connectivity index (χ1n) is 5.57. The van der Waals surface area contributed by atoms with E-state index in [0.29, 0.717) is 0 Å². The van der Waals surface area contributed by atoms with Crippen molar-refractivity contribution in [3.05, 3.63) is 29.8 Å². The molecule has 0 aliphatic carbocycles. The Kier molecular flexibility index (Phi) is 3.92. The van der Waals surface area contributed by atoms with Crippen molar-refractivity contribution in [1.82, 2.24) is 14.8 Å². The molecule has 0 spiro atoms. The molecular formula is C12H11F2N3O3. The summed E-state index contributed by atoms with van der Waals surface area (Å²) in [7, 11) is 2.71. The van der Waals surface area contributed by atoms with E-state index < -0.39 is 17.6 Å². The minimum atomic E-state index is -0.638. The highest BCUT2D eigenvalue weighted by atomic mass is 19.1. The molecule has 0 N–H and O–H groups in total. The summed E-state index contributed by atoms with van der Waals surface area (Å²) < 4.78 is 37.4. The fourth-order valence-corrected chi connectivity index (χ4v) is 1.51. The predicted molar refractivity (Wildman–Crippen MR) is 63.9 cm³/mol. The van der Waals surface area contributed by atoms with E-state index >= 15 is 0 Å². The maximum Gasteiger partial charge on any atom is 0.344 e. The Bertz CT molecular complexity index is 643. The molecule has 0 atom stereocenters. The van der Waals surface area contributed by atoms with Gasteiger partial charge in [0, 0.05) is 7.05 Å². The number of aryl methyl sites for hydroxylation is 1. The SMILES string of the molecule is COC(=O)COc1nc(-c2cc(F)ccc2F)n(C)n1. The van der Waals surface area contributed by atoms with E-state index in [1.54, 1.807) is 0 Å². The number of hydrogen-bond acceptors (Lipinski definition) is 5. The number of carbonyl (C=O) groups is 1.